The Balaban J connectivity index is 2.12. The van der Waals surface area contributed by atoms with E-state index in [-0.39, 0.29) is 11.4 Å². The maximum atomic E-state index is 14.1. The van der Waals surface area contributed by atoms with Crippen molar-refractivity contribution in [1.82, 2.24) is 10.2 Å². The van der Waals surface area contributed by atoms with E-state index in [1.165, 1.54) is 19.1 Å². The molecular formula is C15H14BrClFN3O2S. The molecule has 24 heavy (non-hydrogen) atoms. The number of nitrogens with zero attached hydrogens (tertiary/aromatic N) is 2. The maximum Gasteiger partial charge on any atom is 0.232 e. The van der Waals surface area contributed by atoms with Gasteiger partial charge in [-0.15, -0.1) is 5.10 Å². The number of hydrogen-bond acceptors (Lipinski definition) is 4. The number of aryl methyl sites for hydroxylation is 1. The lowest BCUT2D eigenvalue weighted by molar-refractivity contribution is 0.599. The number of aromatic nitrogens is 2. The van der Waals surface area contributed by atoms with Crippen molar-refractivity contribution in [3.05, 3.63) is 38.7 Å². The lowest BCUT2D eigenvalue weighted by Crippen LogP contribution is -2.15. The first-order valence-electron chi connectivity index (χ1n) is 7.36. The van der Waals surface area contributed by atoms with E-state index in [0.717, 1.165) is 30.5 Å². The van der Waals surface area contributed by atoms with Gasteiger partial charge in [0.15, 0.2) is 0 Å². The zero-order valence-corrected chi connectivity index (χ0v) is 15.9. The summed E-state index contributed by atoms with van der Waals surface area (Å²) in [6.07, 6.45) is 2.64. The third-order valence-electron chi connectivity index (χ3n) is 3.89. The molecule has 1 aromatic heterocycles. The van der Waals surface area contributed by atoms with Crippen LogP contribution >= 0.6 is 27.5 Å². The highest BCUT2D eigenvalue weighted by Gasteiger charge is 2.23. The van der Waals surface area contributed by atoms with Gasteiger partial charge < -0.3 is 0 Å². The van der Waals surface area contributed by atoms with Crippen LogP contribution in [0.2, 0.25) is 5.02 Å². The average Bonchev–Trinajstić information content (AvgIpc) is 3.00. The van der Waals surface area contributed by atoms with Crippen molar-refractivity contribution in [2.75, 3.05) is 10.5 Å². The molecule has 0 radical (unpaired) electrons. The van der Waals surface area contributed by atoms with Crippen LogP contribution in [0.5, 0.6) is 0 Å². The van der Waals surface area contributed by atoms with Gasteiger partial charge in [-0.05, 0) is 59.8 Å². The Bertz CT molecular complexity index is 921. The van der Waals surface area contributed by atoms with Gasteiger partial charge in [0.25, 0.3) is 0 Å². The second kappa shape index (κ2) is 6.57. The van der Waals surface area contributed by atoms with Gasteiger partial charge in [-0.1, -0.05) is 11.6 Å². The first-order valence-corrected chi connectivity index (χ1v) is 10.2. The molecule has 5 nitrogen and oxygen atoms in total. The smallest absolute Gasteiger partial charge is 0.232 e. The molecule has 0 amide bonds. The van der Waals surface area contributed by atoms with Crippen LogP contribution in [0, 0.1) is 5.82 Å². The van der Waals surface area contributed by atoms with Crippen LogP contribution in [0.15, 0.2) is 16.6 Å². The number of hydrogen-bond donors (Lipinski definition) is 1. The number of fused-ring (bicyclic) bond motifs is 1. The molecule has 9 heteroatoms. The fourth-order valence-electron chi connectivity index (χ4n) is 2.59. The molecule has 0 bridgehead atoms. The van der Waals surface area contributed by atoms with Crippen LogP contribution < -0.4 is 4.72 Å². The lowest BCUT2D eigenvalue weighted by atomic mass is 10.1. The van der Waals surface area contributed by atoms with Gasteiger partial charge in [0.05, 0.1) is 22.2 Å². The first kappa shape index (κ1) is 17.6. The van der Waals surface area contributed by atoms with Crippen molar-refractivity contribution < 1.29 is 12.8 Å². The minimum atomic E-state index is -3.60. The Morgan fingerprint density at radius 3 is 2.79 bits per heavy atom. The van der Waals surface area contributed by atoms with E-state index in [2.05, 4.69) is 30.8 Å². The highest BCUT2D eigenvalue weighted by Crippen LogP contribution is 2.38. The van der Waals surface area contributed by atoms with Gasteiger partial charge in [-0.2, -0.15) is 5.10 Å². The molecular weight excluding hydrogens is 421 g/mol. The average molecular weight is 435 g/mol. The summed E-state index contributed by atoms with van der Waals surface area (Å²) in [5.41, 5.74) is 2.58. The summed E-state index contributed by atoms with van der Waals surface area (Å²) in [6, 6.07) is 2.57. The fourth-order valence-corrected chi connectivity index (χ4v) is 4.07. The van der Waals surface area contributed by atoms with Gasteiger partial charge in [-0.25, -0.2) is 12.8 Å². The highest BCUT2D eigenvalue weighted by atomic mass is 79.9. The van der Waals surface area contributed by atoms with Crippen LogP contribution in [-0.2, 0) is 22.9 Å². The summed E-state index contributed by atoms with van der Waals surface area (Å²) in [4.78, 5) is 0. The van der Waals surface area contributed by atoms with Crippen molar-refractivity contribution in [3.8, 4) is 11.3 Å². The molecule has 3 rings (SSSR count). The van der Waals surface area contributed by atoms with Crippen molar-refractivity contribution in [2.45, 2.75) is 26.2 Å². The summed E-state index contributed by atoms with van der Waals surface area (Å²) in [5.74, 6) is -0.843. The van der Waals surface area contributed by atoms with E-state index >= 15 is 0 Å². The molecule has 1 N–H and O–H groups in total. The van der Waals surface area contributed by atoms with Gasteiger partial charge in [-0.3, -0.25) is 4.72 Å². The van der Waals surface area contributed by atoms with E-state index in [1.54, 1.807) is 0 Å². The molecule has 0 unspecified atom stereocenters. The lowest BCUT2D eigenvalue weighted by Gasteiger charge is -2.13. The number of benzene rings is 1. The van der Waals surface area contributed by atoms with Crippen LogP contribution in [0.25, 0.3) is 11.3 Å². The summed E-state index contributed by atoms with van der Waals surface area (Å²) in [5, 5.41) is 8.83. The monoisotopic (exact) mass is 433 g/mol. The third-order valence-corrected chi connectivity index (χ3v) is 6.24. The Kier molecular flexibility index (Phi) is 4.81. The van der Waals surface area contributed by atoms with Gasteiger partial charge in [0, 0.05) is 10.0 Å². The zero-order chi connectivity index (χ0) is 17.5. The van der Waals surface area contributed by atoms with E-state index in [4.69, 9.17) is 11.6 Å². The number of sulfonamides is 1. The van der Waals surface area contributed by atoms with Crippen molar-refractivity contribution in [1.29, 1.82) is 0 Å². The molecule has 0 aliphatic heterocycles. The standard InChI is InChI=1S/C15H14BrClFN3O2S/c1-2-24(22,23)21-13-6-9(10(16)7-11(13)18)15-14(17)8-4-3-5-12(8)19-20-15/h6-7,21H,2-5H2,1H3. The van der Waals surface area contributed by atoms with E-state index in [1.807, 2.05) is 0 Å². The van der Waals surface area contributed by atoms with E-state index in [9.17, 15) is 12.8 Å². The third kappa shape index (κ3) is 3.27. The predicted molar refractivity (Wildman–Crippen MR) is 95.2 cm³/mol. The molecule has 128 valence electrons. The van der Waals surface area contributed by atoms with Gasteiger partial charge in [0.2, 0.25) is 10.0 Å². The molecule has 0 saturated carbocycles. The highest BCUT2D eigenvalue weighted by molar-refractivity contribution is 9.10. The van der Waals surface area contributed by atoms with E-state index < -0.39 is 15.8 Å². The zero-order valence-electron chi connectivity index (χ0n) is 12.7. The van der Waals surface area contributed by atoms with Crippen LogP contribution in [0.3, 0.4) is 0 Å². The van der Waals surface area contributed by atoms with Crippen LogP contribution in [0.4, 0.5) is 10.1 Å². The Morgan fingerprint density at radius 1 is 1.33 bits per heavy atom. The topological polar surface area (TPSA) is 72.0 Å². The fraction of sp³-hybridized carbons (Fsp3) is 0.333. The van der Waals surface area contributed by atoms with Crippen LogP contribution in [-0.4, -0.2) is 24.4 Å². The minimum absolute atomic E-state index is 0.145. The molecule has 0 fully saturated rings. The SMILES string of the molecule is CCS(=O)(=O)Nc1cc(-c2nnc3c(c2Cl)CCC3)c(Br)cc1F. The minimum Gasteiger partial charge on any atom is -0.281 e. The first-order chi connectivity index (χ1) is 11.3. The number of rotatable bonds is 4. The molecule has 1 aromatic carbocycles. The second-order valence-corrected chi connectivity index (χ2v) is 8.70. The number of nitrogens with one attached hydrogen (secondary N) is 1. The molecule has 1 heterocycles. The molecule has 0 spiro atoms. The largest absolute Gasteiger partial charge is 0.281 e. The molecule has 2 aromatic rings. The number of halogens is 3. The quantitative estimate of drug-likeness (QED) is 0.791. The molecule has 0 saturated heterocycles. The molecule has 1 aliphatic rings. The molecule has 1 aliphatic carbocycles. The van der Waals surface area contributed by atoms with Crippen molar-refractivity contribution in [2.24, 2.45) is 0 Å². The summed E-state index contributed by atoms with van der Waals surface area (Å²) in [7, 11) is -3.60. The summed E-state index contributed by atoms with van der Waals surface area (Å²) >= 11 is 9.74. The summed E-state index contributed by atoms with van der Waals surface area (Å²) < 4.78 is 40.2. The Hall–Kier alpha value is -1.25. The van der Waals surface area contributed by atoms with Gasteiger partial charge >= 0.3 is 0 Å². The Morgan fingerprint density at radius 2 is 2.08 bits per heavy atom. The van der Waals surface area contributed by atoms with Crippen LogP contribution in [0.1, 0.15) is 24.6 Å². The molecule has 0 atom stereocenters. The van der Waals surface area contributed by atoms with Gasteiger partial charge in [0.1, 0.15) is 11.5 Å². The summed E-state index contributed by atoms with van der Waals surface area (Å²) in [6.45, 7) is 1.48. The van der Waals surface area contributed by atoms with Crippen molar-refractivity contribution >= 4 is 43.2 Å². The predicted octanol–water partition coefficient (Wildman–Crippen LogP) is 3.95. The Labute approximate surface area is 152 Å². The normalized spacial score (nSPS) is 13.8. The second-order valence-electron chi connectivity index (χ2n) is 5.46. The maximum absolute atomic E-state index is 14.1. The van der Waals surface area contributed by atoms with Crippen molar-refractivity contribution in [3.63, 3.8) is 0 Å². The van der Waals surface area contributed by atoms with E-state index in [0.29, 0.717) is 20.8 Å². The number of anilines is 1.